The van der Waals surface area contributed by atoms with Gasteiger partial charge in [0.05, 0.1) is 5.56 Å². The fraction of sp³-hybridized carbons (Fsp3) is 0.333. The number of carbonyl (C=O) groups is 1. The topological polar surface area (TPSA) is 79.0 Å². The van der Waals surface area contributed by atoms with E-state index in [1.54, 1.807) is 13.8 Å². The Morgan fingerprint density at radius 1 is 1.35 bits per heavy atom. The molecular weight excluding hydrogens is 295 g/mol. The van der Waals surface area contributed by atoms with E-state index in [0.717, 1.165) is 6.07 Å². The second-order valence-electron chi connectivity index (χ2n) is 4.32. The number of halogens is 4. The molecule has 0 spiro atoms. The monoisotopic (exact) mass is 309 g/mol. The van der Waals surface area contributed by atoms with Crippen molar-refractivity contribution in [1.82, 2.24) is 5.32 Å². The number of nitrogens with two attached hydrogens (primary N) is 1. The van der Waals surface area contributed by atoms with E-state index in [4.69, 9.17) is 11.1 Å². The second kappa shape index (κ2) is 6.60. The molecule has 0 heterocycles. The molecule has 0 aromatic heterocycles. The van der Waals surface area contributed by atoms with Gasteiger partial charge < -0.3 is 5.73 Å². The molecule has 4 nitrogen and oxygen atoms in total. The zero-order valence-electron chi connectivity index (χ0n) is 10.8. The molecule has 1 aromatic carbocycles. The van der Waals surface area contributed by atoms with E-state index < -0.39 is 23.6 Å². The summed E-state index contributed by atoms with van der Waals surface area (Å²) in [6.07, 6.45) is -4.54. The Kier molecular flexibility index (Phi) is 6.02. The van der Waals surface area contributed by atoms with Gasteiger partial charge in [-0.15, -0.1) is 12.4 Å². The Bertz CT molecular complexity index is 515. The van der Waals surface area contributed by atoms with Crippen LogP contribution in [0.15, 0.2) is 18.2 Å². The van der Waals surface area contributed by atoms with Crippen molar-refractivity contribution < 1.29 is 18.0 Å². The van der Waals surface area contributed by atoms with Crippen molar-refractivity contribution in [1.29, 1.82) is 5.41 Å². The van der Waals surface area contributed by atoms with Gasteiger partial charge in [0.15, 0.2) is 5.96 Å². The van der Waals surface area contributed by atoms with Crippen LogP contribution in [0, 0.1) is 5.41 Å². The number of hydrogen-bond acceptors (Lipinski definition) is 2. The van der Waals surface area contributed by atoms with Gasteiger partial charge in [0, 0.05) is 5.56 Å². The van der Waals surface area contributed by atoms with Gasteiger partial charge in [0.1, 0.15) is 0 Å². The third-order valence-corrected chi connectivity index (χ3v) is 2.49. The van der Waals surface area contributed by atoms with Crippen LogP contribution in [0.1, 0.15) is 41.3 Å². The van der Waals surface area contributed by atoms with E-state index in [0.29, 0.717) is 0 Å². The first-order chi connectivity index (χ1) is 8.62. The smallest absolute Gasteiger partial charge is 0.370 e. The third-order valence-electron chi connectivity index (χ3n) is 2.49. The molecule has 0 aliphatic rings. The zero-order valence-corrected chi connectivity index (χ0v) is 11.7. The Hall–Kier alpha value is -1.76. The van der Waals surface area contributed by atoms with Gasteiger partial charge in [-0.25, -0.2) is 0 Å². The lowest BCUT2D eigenvalue weighted by Crippen LogP contribution is -2.35. The third kappa shape index (κ3) is 4.41. The predicted molar refractivity (Wildman–Crippen MR) is 72.2 cm³/mol. The number of amides is 1. The molecule has 4 N–H and O–H groups in total. The quantitative estimate of drug-likeness (QED) is 0.580. The number of nitrogens with one attached hydrogen (secondary N) is 2. The minimum atomic E-state index is -4.54. The average Bonchev–Trinajstić information content (AvgIpc) is 2.25. The summed E-state index contributed by atoms with van der Waals surface area (Å²) in [6, 6.07) is 3.32. The van der Waals surface area contributed by atoms with E-state index in [2.05, 4.69) is 0 Å². The van der Waals surface area contributed by atoms with Crippen LogP contribution in [0.3, 0.4) is 0 Å². The molecule has 0 unspecified atom stereocenters. The normalized spacial score (nSPS) is 10.9. The molecule has 0 aliphatic heterocycles. The van der Waals surface area contributed by atoms with Crippen LogP contribution in [-0.2, 0) is 6.18 Å². The number of carbonyl (C=O) groups excluding carboxylic acids is 1. The molecule has 0 fully saturated rings. The summed E-state index contributed by atoms with van der Waals surface area (Å²) in [5.74, 6) is -1.78. The van der Waals surface area contributed by atoms with Crippen molar-refractivity contribution in [2.75, 3.05) is 0 Å². The van der Waals surface area contributed by atoms with E-state index in [9.17, 15) is 18.0 Å². The van der Waals surface area contributed by atoms with Crippen molar-refractivity contribution in [3.05, 3.63) is 34.9 Å². The van der Waals surface area contributed by atoms with E-state index in [-0.39, 0.29) is 29.5 Å². The first kappa shape index (κ1) is 18.2. The Labute approximate surface area is 120 Å². The summed E-state index contributed by atoms with van der Waals surface area (Å²) in [5.41, 5.74) is 4.04. The first-order valence-corrected chi connectivity index (χ1v) is 5.49. The minimum Gasteiger partial charge on any atom is -0.370 e. The van der Waals surface area contributed by atoms with E-state index in [1.165, 1.54) is 12.1 Å². The van der Waals surface area contributed by atoms with Gasteiger partial charge in [-0.2, -0.15) is 13.2 Å². The molecule has 0 bridgehead atoms. The molecule has 20 heavy (non-hydrogen) atoms. The van der Waals surface area contributed by atoms with Gasteiger partial charge in [-0.1, -0.05) is 19.9 Å². The average molecular weight is 310 g/mol. The van der Waals surface area contributed by atoms with Crippen molar-refractivity contribution in [3.8, 4) is 0 Å². The van der Waals surface area contributed by atoms with Gasteiger partial charge in [-0.05, 0) is 23.6 Å². The highest BCUT2D eigenvalue weighted by Crippen LogP contribution is 2.35. The van der Waals surface area contributed by atoms with Gasteiger partial charge >= 0.3 is 6.18 Å². The van der Waals surface area contributed by atoms with Crippen LogP contribution >= 0.6 is 12.4 Å². The largest absolute Gasteiger partial charge is 0.416 e. The van der Waals surface area contributed by atoms with Crippen LogP contribution in [0.2, 0.25) is 0 Å². The van der Waals surface area contributed by atoms with Crippen LogP contribution < -0.4 is 11.1 Å². The first-order valence-electron chi connectivity index (χ1n) is 5.49. The summed E-state index contributed by atoms with van der Waals surface area (Å²) >= 11 is 0. The molecule has 1 rings (SSSR count). The van der Waals surface area contributed by atoms with Crippen molar-refractivity contribution >= 4 is 24.3 Å². The van der Waals surface area contributed by atoms with Gasteiger partial charge in [0.25, 0.3) is 5.91 Å². The second-order valence-corrected chi connectivity index (χ2v) is 4.32. The lowest BCUT2D eigenvalue weighted by Gasteiger charge is -2.16. The van der Waals surface area contributed by atoms with E-state index >= 15 is 0 Å². The highest BCUT2D eigenvalue weighted by atomic mass is 35.5. The summed E-state index contributed by atoms with van der Waals surface area (Å²) in [5, 5.41) is 8.83. The molecule has 0 atom stereocenters. The summed E-state index contributed by atoms with van der Waals surface area (Å²) in [6.45, 7) is 3.28. The number of hydrogen-bond donors (Lipinski definition) is 3. The molecule has 8 heteroatoms. The number of rotatable bonds is 2. The molecule has 112 valence electrons. The molecule has 0 saturated carbocycles. The maximum absolute atomic E-state index is 12.9. The van der Waals surface area contributed by atoms with Crippen LogP contribution in [0.4, 0.5) is 13.2 Å². The van der Waals surface area contributed by atoms with Crippen molar-refractivity contribution in [3.63, 3.8) is 0 Å². The Morgan fingerprint density at radius 3 is 2.30 bits per heavy atom. The highest BCUT2D eigenvalue weighted by molar-refractivity contribution is 6.04. The number of benzene rings is 1. The maximum Gasteiger partial charge on any atom is 0.416 e. The number of guanidine groups is 1. The Balaban J connectivity index is 0.00000361. The fourth-order valence-electron chi connectivity index (χ4n) is 1.64. The fourth-order valence-corrected chi connectivity index (χ4v) is 1.64. The standard InChI is InChI=1S/C12H14F3N3O.ClH/c1-6(2)8-4-3-7(10(19)18-11(16)17)5-9(8)12(13,14)15;/h3-6H,1-2H3,(H4,16,17,18,19);1H. The molecule has 1 aromatic rings. The lowest BCUT2D eigenvalue weighted by atomic mass is 9.94. The maximum atomic E-state index is 12.9. The van der Waals surface area contributed by atoms with Crippen molar-refractivity contribution in [2.24, 2.45) is 5.73 Å². The lowest BCUT2D eigenvalue weighted by molar-refractivity contribution is -0.138. The van der Waals surface area contributed by atoms with E-state index in [1.807, 2.05) is 5.32 Å². The van der Waals surface area contributed by atoms with Gasteiger partial charge in [0.2, 0.25) is 0 Å². The summed E-state index contributed by atoms with van der Waals surface area (Å²) in [4.78, 5) is 11.5. The summed E-state index contributed by atoms with van der Waals surface area (Å²) in [7, 11) is 0. The Morgan fingerprint density at radius 2 is 1.90 bits per heavy atom. The minimum absolute atomic E-state index is 0. The predicted octanol–water partition coefficient (Wildman–Crippen LogP) is 2.87. The van der Waals surface area contributed by atoms with Crippen LogP contribution in [0.25, 0.3) is 0 Å². The molecule has 0 saturated heterocycles. The molecule has 0 aliphatic carbocycles. The van der Waals surface area contributed by atoms with Crippen molar-refractivity contribution in [2.45, 2.75) is 25.9 Å². The molecule has 0 radical (unpaired) electrons. The zero-order chi connectivity index (χ0) is 14.8. The molecule has 1 amide bonds. The summed E-state index contributed by atoms with van der Waals surface area (Å²) < 4.78 is 38.7. The van der Waals surface area contributed by atoms with Crippen LogP contribution in [-0.4, -0.2) is 11.9 Å². The van der Waals surface area contributed by atoms with Gasteiger partial charge in [-0.3, -0.25) is 15.5 Å². The highest BCUT2D eigenvalue weighted by Gasteiger charge is 2.34. The van der Waals surface area contributed by atoms with Crippen LogP contribution in [0.5, 0.6) is 0 Å². The number of alkyl halides is 3. The SMILES string of the molecule is CC(C)c1ccc(C(=O)NC(=N)N)cc1C(F)(F)F.Cl. The molecular formula is C12H15ClF3N3O.